The summed E-state index contributed by atoms with van der Waals surface area (Å²) in [6.45, 7) is 6.23. The Hall–Kier alpha value is -3.17. The van der Waals surface area contributed by atoms with Gasteiger partial charge in [-0.25, -0.2) is 18.1 Å². The van der Waals surface area contributed by atoms with Crippen molar-refractivity contribution in [1.29, 1.82) is 0 Å². The minimum atomic E-state index is -3.19. The molecule has 1 aliphatic rings. The van der Waals surface area contributed by atoms with Gasteiger partial charge in [-0.2, -0.15) is 4.98 Å². The Morgan fingerprint density at radius 2 is 1.64 bits per heavy atom. The zero-order chi connectivity index (χ0) is 23.6. The van der Waals surface area contributed by atoms with E-state index in [9.17, 15) is 8.42 Å². The van der Waals surface area contributed by atoms with Crippen LogP contribution in [0.1, 0.15) is 35.1 Å². The van der Waals surface area contributed by atoms with Gasteiger partial charge in [0.1, 0.15) is 11.6 Å². The number of rotatable bonds is 9. The van der Waals surface area contributed by atoms with Crippen molar-refractivity contribution in [3.05, 3.63) is 64.8 Å². The summed E-state index contributed by atoms with van der Waals surface area (Å²) in [6, 6.07) is 11.6. The fourth-order valence-corrected chi connectivity index (χ4v) is 4.99. The third-order valence-corrected chi connectivity index (χ3v) is 7.45. The highest BCUT2D eigenvalue weighted by Crippen LogP contribution is 2.29. The number of benzene rings is 2. The third kappa shape index (κ3) is 5.61. The lowest BCUT2D eigenvalue weighted by molar-refractivity contribution is 0.408. The molecule has 4 rings (SSSR count). The minimum Gasteiger partial charge on any atom is -0.496 e. The Bertz CT molecular complexity index is 1230. The van der Waals surface area contributed by atoms with Crippen molar-refractivity contribution < 1.29 is 13.2 Å². The normalized spacial score (nSPS) is 13.6. The largest absolute Gasteiger partial charge is 0.496 e. The summed E-state index contributed by atoms with van der Waals surface area (Å²) in [5.74, 6) is 2.05. The number of sulfonamides is 1. The number of hydrogen-bond donors (Lipinski definition) is 3. The highest BCUT2D eigenvalue weighted by atomic mass is 32.2. The van der Waals surface area contributed by atoms with Crippen molar-refractivity contribution in [2.45, 2.75) is 45.4 Å². The second kappa shape index (κ2) is 9.36. The van der Waals surface area contributed by atoms with Crippen molar-refractivity contribution >= 4 is 33.2 Å². The van der Waals surface area contributed by atoms with Gasteiger partial charge in [0.05, 0.1) is 12.4 Å². The summed E-state index contributed by atoms with van der Waals surface area (Å²) >= 11 is 0. The molecule has 1 aromatic heterocycles. The van der Waals surface area contributed by atoms with Crippen molar-refractivity contribution in [3.63, 3.8) is 0 Å². The molecule has 1 fully saturated rings. The van der Waals surface area contributed by atoms with E-state index in [1.807, 2.05) is 57.2 Å². The second-order valence-corrected chi connectivity index (χ2v) is 10.4. The van der Waals surface area contributed by atoms with E-state index in [-0.39, 0.29) is 5.25 Å². The topological polar surface area (TPSA) is 105 Å². The average molecular weight is 468 g/mol. The summed E-state index contributed by atoms with van der Waals surface area (Å²) in [4.78, 5) is 9.03. The molecule has 0 aliphatic heterocycles. The van der Waals surface area contributed by atoms with Crippen molar-refractivity contribution in [2.75, 3.05) is 17.7 Å². The molecule has 8 nitrogen and oxygen atoms in total. The molecule has 1 heterocycles. The Balaban J connectivity index is 1.44. The van der Waals surface area contributed by atoms with Crippen LogP contribution in [0.3, 0.4) is 0 Å². The van der Waals surface area contributed by atoms with Gasteiger partial charge in [0.2, 0.25) is 16.0 Å². The molecule has 0 atom stereocenters. The molecular weight excluding hydrogens is 438 g/mol. The zero-order valence-corrected chi connectivity index (χ0v) is 20.1. The molecule has 3 aromatic rings. The van der Waals surface area contributed by atoms with Crippen LogP contribution in [0.5, 0.6) is 5.75 Å². The lowest BCUT2D eigenvalue weighted by Crippen LogP contribution is -2.26. The van der Waals surface area contributed by atoms with E-state index in [4.69, 9.17) is 4.74 Å². The molecule has 1 aliphatic carbocycles. The smallest absolute Gasteiger partial charge is 0.229 e. The molecule has 0 radical (unpaired) electrons. The maximum absolute atomic E-state index is 12.0. The summed E-state index contributed by atoms with van der Waals surface area (Å²) in [5, 5.41) is 6.36. The van der Waals surface area contributed by atoms with Crippen LogP contribution in [-0.2, 0) is 16.6 Å². The van der Waals surface area contributed by atoms with E-state index in [2.05, 4.69) is 25.3 Å². The van der Waals surface area contributed by atoms with Crippen molar-refractivity contribution in [3.8, 4) is 5.75 Å². The third-order valence-electron chi connectivity index (χ3n) is 5.55. The molecule has 33 heavy (non-hydrogen) atoms. The lowest BCUT2D eigenvalue weighted by atomic mass is 10.1. The van der Waals surface area contributed by atoms with E-state index < -0.39 is 10.0 Å². The van der Waals surface area contributed by atoms with E-state index in [0.717, 1.165) is 52.2 Å². The molecular formula is C24H29N5O3S. The summed E-state index contributed by atoms with van der Waals surface area (Å²) in [7, 11) is -1.52. The number of ether oxygens (including phenoxy) is 1. The highest BCUT2D eigenvalue weighted by Gasteiger charge is 2.35. The van der Waals surface area contributed by atoms with Gasteiger partial charge < -0.3 is 15.4 Å². The molecule has 0 saturated heterocycles. The van der Waals surface area contributed by atoms with Crippen molar-refractivity contribution in [1.82, 2.24) is 14.7 Å². The molecule has 1 saturated carbocycles. The first-order valence-corrected chi connectivity index (χ1v) is 12.4. The monoisotopic (exact) mass is 467 g/mol. The Morgan fingerprint density at radius 3 is 2.24 bits per heavy atom. The fraction of sp³-hybridized carbons (Fsp3) is 0.333. The van der Waals surface area contributed by atoms with Gasteiger partial charge in [-0.1, -0.05) is 12.1 Å². The number of methoxy groups -OCH3 is 1. The Labute approximate surface area is 194 Å². The van der Waals surface area contributed by atoms with E-state index in [1.165, 1.54) is 0 Å². The predicted octanol–water partition coefficient (Wildman–Crippen LogP) is 4.48. The van der Waals surface area contributed by atoms with Crippen LogP contribution in [0.4, 0.5) is 23.1 Å². The number of aromatic nitrogens is 2. The maximum Gasteiger partial charge on any atom is 0.229 e. The SMILES string of the molecule is COc1c(C)cc(Nc2ncc(C)c(Nc3ccc(CNS(=O)(=O)C4CC4)cc3)n2)cc1C. The number of nitrogens with zero attached hydrogens (tertiary/aromatic N) is 2. The van der Waals surface area contributed by atoms with Crippen LogP contribution in [0.15, 0.2) is 42.6 Å². The molecule has 0 unspecified atom stereocenters. The number of anilines is 4. The standard InChI is InChI=1S/C24H29N5O3S/c1-15-11-20(12-16(2)22(15)32-4)28-24-25-13-17(3)23(29-24)27-19-7-5-18(6-8-19)14-26-33(30,31)21-9-10-21/h5-8,11-13,21,26H,9-10,14H2,1-4H3,(H2,25,27,28,29). The van der Waals surface area contributed by atoms with Crippen LogP contribution >= 0.6 is 0 Å². The predicted molar refractivity (Wildman–Crippen MR) is 131 cm³/mol. The number of aryl methyl sites for hydroxylation is 3. The second-order valence-electron chi connectivity index (χ2n) is 8.38. The molecule has 2 aromatic carbocycles. The van der Waals surface area contributed by atoms with Gasteiger partial charge in [0.25, 0.3) is 0 Å². The number of hydrogen-bond acceptors (Lipinski definition) is 7. The van der Waals surface area contributed by atoms with Gasteiger partial charge >= 0.3 is 0 Å². The van der Waals surface area contributed by atoms with Crippen molar-refractivity contribution in [2.24, 2.45) is 0 Å². The van der Waals surface area contributed by atoms with E-state index in [1.54, 1.807) is 13.3 Å². The van der Waals surface area contributed by atoms with Gasteiger partial charge in [0, 0.05) is 29.7 Å². The average Bonchev–Trinajstić information content (AvgIpc) is 3.62. The lowest BCUT2D eigenvalue weighted by Gasteiger charge is -2.14. The first kappa shape index (κ1) is 23.0. The summed E-state index contributed by atoms with van der Waals surface area (Å²) in [5.41, 5.74) is 5.61. The Morgan fingerprint density at radius 1 is 0.970 bits per heavy atom. The van der Waals surface area contributed by atoms with Crippen LogP contribution in [0.25, 0.3) is 0 Å². The van der Waals surface area contributed by atoms with Gasteiger partial charge in [-0.3, -0.25) is 0 Å². The highest BCUT2D eigenvalue weighted by molar-refractivity contribution is 7.90. The first-order chi connectivity index (χ1) is 15.7. The van der Waals surface area contributed by atoms with Crippen LogP contribution in [-0.4, -0.2) is 30.7 Å². The van der Waals surface area contributed by atoms with Crippen LogP contribution in [0, 0.1) is 20.8 Å². The summed E-state index contributed by atoms with van der Waals surface area (Å²) in [6.07, 6.45) is 3.28. The fourth-order valence-electron chi connectivity index (χ4n) is 3.63. The molecule has 174 valence electrons. The molecule has 3 N–H and O–H groups in total. The summed E-state index contributed by atoms with van der Waals surface area (Å²) < 4.78 is 32.1. The molecule has 0 spiro atoms. The first-order valence-electron chi connectivity index (χ1n) is 10.9. The Kier molecular flexibility index (Phi) is 6.53. The van der Waals surface area contributed by atoms with Gasteiger partial charge in [0.15, 0.2) is 0 Å². The van der Waals surface area contributed by atoms with E-state index in [0.29, 0.717) is 18.3 Å². The maximum atomic E-state index is 12.0. The zero-order valence-electron chi connectivity index (χ0n) is 19.3. The van der Waals surface area contributed by atoms with Crippen LogP contribution in [0.2, 0.25) is 0 Å². The van der Waals surface area contributed by atoms with Gasteiger partial charge in [-0.15, -0.1) is 0 Å². The van der Waals surface area contributed by atoms with E-state index >= 15 is 0 Å². The molecule has 0 bridgehead atoms. The quantitative estimate of drug-likeness (QED) is 0.426. The molecule has 0 amide bonds. The number of nitrogens with one attached hydrogen (secondary N) is 3. The minimum absolute atomic E-state index is 0.215. The van der Waals surface area contributed by atoms with Crippen LogP contribution < -0.4 is 20.1 Å². The molecule has 9 heteroatoms. The van der Waals surface area contributed by atoms with Gasteiger partial charge in [-0.05, 0) is 74.6 Å².